The highest BCUT2D eigenvalue weighted by molar-refractivity contribution is 7.25. The van der Waals surface area contributed by atoms with Crippen LogP contribution in [0, 0.1) is 0 Å². The number of rotatable bonds is 4. The molecule has 2 aliphatic carbocycles. The van der Waals surface area contributed by atoms with Gasteiger partial charge in [0.15, 0.2) is 11.6 Å². The second-order valence-corrected chi connectivity index (χ2v) is 19.7. The number of hydrogen-bond acceptors (Lipinski definition) is 5. The minimum atomic E-state index is -0.512. The van der Waals surface area contributed by atoms with Gasteiger partial charge in [0.05, 0.1) is 16.4 Å². The molecule has 0 N–H and O–H groups in total. The van der Waals surface area contributed by atoms with Crippen LogP contribution in [0.25, 0.3) is 126 Å². The molecular formula is C64H36N4OS. The number of hydrogen-bond donors (Lipinski definition) is 0. The monoisotopic (exact) mass is 908 g/mol. The van der Waals surface area contributed by atoms with E-state index >= 15 is 0 Å². The molecule has 1 spiro atoms. The van der Waals surface area contributed by atoms with Crippen molar-refractivity contribution in [1.82, 2.24) is 19.5 Å². The highest BCUT2D eigenvalue weighted by Crippen LogP contribution is 2.63. The highest BCUT2D eigenvalue weighted by Gasteiger charge is 2.51. The van der Waals surface area contributed by atoms with Gasteiger partial charge in [-0.15, -0.1) is 11.3 Å². The molecule has 0 aliphatic heterocycles. The largest absolute Gasteiger partial charge is 0.455 e. The molecule has 4 heterocycles. The fraction of sp³-hybridized carbons (Fsp3) is 0.0156. The molecule has 10 aromatic carbocycles. The van der Waals surface area contributed by atoms with Gasteiger partial charge in [0.1, 0.15) is 11.2 Å². The Labute approximate surface area is 405 Å². The smallest absolute Gasteiger partial charge is 0.238 e. The van der Waals surface area contributed by atoms with Gasteiger partial charge in [-0.2, -0.15) is 9.97 Å². The average Bonchev–Trinajstić information content (AvgIpc) is 4.22. The SMILES string of the molecule is c1ccc(-c2cccc3c2oc2cc(-c4nc(-c5cccc6sc7ccccc7c56)nc(-n5c6ccccc6c6cc7c(cc65)C5(c6ccccc6-c6ccccc65)c5ccccc5-7)n4)ccc23)cc1. The van der Waals surface area contributed by atoms with Gasteiger partial charge in [-0.1, -0.05) is 176 Å². The highest BCUT2D eigenvalue weighted by atomic mass is 32.1. The molecule has 2 aliphatic rings. The molecule has 0 unspecified atom stereocenters. The van der Waals surface area contributed by atoms with E-state index < -0.39 is 5.41 Å². The first-order valence-electron chi connectivity index (χ1n) is 23.8. The predicted molar refractivity (Wildman–Crippen MR) is 287 cm³/mol. The molecule has 16 rings (SSSR count). The summed E-state index contributed by atoms with van der Waals surface area (Å²) in [6, 6.07) is 78.9. The van der Waals surface area contributed by atoms with Crippen molar-refractivity contribution in [1.29, 1.82) is 0 Å². The Hall–Kier alpha value is -8.97. The number of para-hydroxylation sites is 2. The van der Waals surface area contributed by atoms with Crippen LogP contribution in [0.15, 0.2) is 223 Å². The Morgan fingerprint density at radius 1 is 0.371 bits per heavy atom. The number of nitrogens with zero attached hydrogens (tertiary/aromatic N) is 4. The molecule has 6 heteroatoms. The van der Waals surface area contributed by atoms with E-state index in [9.17, 15) is 0 Å². The molecule has 14 aromatic rings. The molecule has 0 atom stereocenters. The van der Waals surface area contributed by atoms with Crippen LogP contribution in [0.3, 0.4) is 0 Å². The van der Waals surface area contributed by atoms with Gasteiger partial charge in [-0.25, -0.2) is 4.98 Å². The van der Waals surface area contributed by atoms with Crippen LogP contribution in [0.5, 0.6) is 0 Å². The van der Waals surface area contributed by atoms with E-state index in [0.717, 1.165) is 71.4 Å². The van der Waals surface area contributed by atoms with Gasteiger partial charge in [-0.05, 0) is 92.5 Å². The molecule has 0 radical (unpaired) electrons. The minimum Gasteiger partial charge on any atom is -0.455 e. The molecule has 324 valence electrons. The van der Waals surface area contributed by atoms with Crippen LogP contribution in [0.4, 0.5) is 0 Å². The van der Waals surface area contributed by atoms with Crippen LogP contribution in [-0.2, 0) is 5.41 Å². The first kappa shape index (κ1) is 38.0. The maximum absolute atomic E-state index is 6.82. The first-order valence-corrected chi connectivity index (χ1v) is 24.6. The van der Waals surface area contributed by atoms with Crippen molar-refractivity contribution in [2.75, 3.05) is 0 Å². The maximum atomic E-state index is 6.82. The summed E-state index contributed by atoms with van der Waals surface area (Å²) in [6.45, 7) is 0. The molecule has 4 aromatic heterocycles. The van der Waals surface area contributed by atoms with E-state index in [1.807, 2.05) is 6.07 Å². The molecule has 0 saturated carbocycles. The summed E-state index contributed by atoms with van der Waals surface area (Å²) in [5.74, 6) is 1.73. The van der Waals surface area contributed by atoms with Crippen LogP contribution in [-0.4, -0.2) is 19.5 Å². The molecular weight excluding hydrogens is 873 g/mol. The van der Waals surface area contributed by atoms with E-state index in [-0.39, 0.29) is 0 Å². The molecule has 5 nitrogen and oxygen atoms in total. The van der Waals surface area contributed by atoms with E-state index in [0.29, 0.717) is 17.6 Å². The Kier molecular flexibility index (Phi) is 7.63. The predicted octanol–water partition coefficient (Wildman–Crippen LogP) is 16.6. The standard InChI is InChI=1S/C64H36N4OS/c1-2-16-37(17-3-1)39-23-14-24-45-44-33-32-38(34-56(44)69-60(39)45)61-65-62(47-25-15-31-58-59(47)46-22-8-13-30-57(46)70-58)67-63(66-61)68-54-29-12-7-21-43(54)49-35-48-42-20-6-11-28-52(42)64(53(48)36-55(49)68)50-26-9-4-18-40(50)41-19-5-10-27-51(41)64/h1-36H. The Balaban J connectivity index is 0.987. The lowest BCUT2D eigenvalue weighted by Crippen LogP contribution is -2.25. The molecule has 0 amide bonds. The molecule has 0 bridgehead atoms. The second kappa shape index (κ2) is 14.0. The third-order valence-corrected chi connectivity index (χ3v) is 16.2. The summed E-state index contributed by atoms with van der Waals surface area (Å²) in [6.07, 6.45) is 0. The van der Waals surface area contributed by atoms with Gasteiger partial charge in [0, 0.05) is 58.4 Å². The summed E-state index contributed by atoms with van der Waals surface area (Å²) in [4.78, 5) is 16.5. The molecule has 0 fully saturated rings. The quantitative estimate of drug-likeness (QED) is 0.177. The zero-order valence-corrected chi connectivity index (χ0v) is 38.2. The van der Waals surface area contributed by atoms with Gasteiger partial charge in [0.25, 0.3) is 0 Å². The number of thiophene rings is 1. The Morgan fingerprint density at radius 2 is 0.986 bits per heavy atom. The first-order chi connectivity index (χ1) is 34.7. The van der Waals surface area contributed by atoms with E-state index in [4.69, 9.17) is 19.4 Å². The minimum absolute atomic E-state index is 0.512. The van der Waals surface area contributed by atoms with Crippen LogP contribution < -0.4 is 0 Å². The van der Waals surface area contributed by atoms with Gasteiger partial charge in [0.2, 0.25) is 5.95 Å². The number of benzene rings is 10. The number of fused-ring (bicyclic) bond motifs is 19. The van der Waals surface area contributed by atoms with E-state index in [1.54, 1.807) is 11.3 Å². The van der Waals surface area contributed by atoms with Gasteiger partial charge < -0.3 is 4.42 Å². The van der Waals surface area contributed by atoms with Crippen molar-refractivity contribution >= 4 is 75.3 Å². The van der Waals surface area contributed by atoms with Crippen LogP contribution in [0.2, 0.25) is 0 Å². The third kappa shape index (κ3) is 5.02. The Morgan fingerprint density at radius 3 is 1.79 bits per heavy atom. The second-order valence-electron chi connectivity index (χ2n) is 18.6. The van der Waals surface area contributed by atoms with Crippen molar-refractivity contribution in [3.8, 4) is 62.1 Å². The number of aromatic nitrogens is 4. The summed E-state index contributed by atoms with van der Waals surface area (Å²) in [7, 11) is 0. The van der Waals surface area contributed by atoms with E-state index in [2.05, 4.69) is 217 Å². The fourth-order valence-corrected chi connectivity index (χ4v) is 13.4. The fourth-order valence-electron chi connectivity index (χ4n) is 12.2. The van der Waals surface area contributed by atoms with Crippen molar-refractivity contribution in [3.63, 3.8) is 0 Å². The zero-order chi connectivity index (χ0) is 45.7. The summed E-state index contributed by atoms with van der Waals surface area (Å²) < 4.78 is 11.5. The third-order valence-electron chi connectivity index (χ3n) is 15.1. The zero-order valence-electron chi connectivity index (χ0n) is 37.4. The van der Waals surface area contributed by atoms with Crippen molar-refractivity contribution < 1.29 is 4.42 Å². The Bertz CT molecular complexity index is 4510. The normalized spacial score (nSPS) is 13.3. The van der Waals surface area contributed by atoms with Crippen molar-refractivity contribution in [3.05, 3.63) is 241 Å². The summed E-state index contributed by atoms with van der Waals surface area (Å²) in [5.41, 5.74) is 17.4. The maximum Gasteiger partial charge on any atom is 0.238 e. The van der Waals surface area contributed by atoms with Crippen LogP contribution in [0.1, 0.15) is 22.3 Å². The number of furan rings is 1. The molecule has 70 heavy (non-hydrogen) atoms. The average molecular weight is 909 g/mol. The topological polar surface area (TPSA) is 56.7 Å². The summed E-state index contributed by atoms with van der Waals surface area (Å²) in [5, 5.41) is 6.73. The van der Waals surface area contributed by atoms with Gasteiger partial charge in [-0.3, -0.25) is 4.57 Å². The van der Waals surface area contributed by atoms with E-state index in [1.165, 1.54) is 59.3 Å². The molecule has 0 saturated heterocycles. The lowest BCUT2D eigenvalue weighted by atomic mass is 9.70. The van der Waals surface area contributed by atoms with Crippen LogP contribution >= 0.6 is 11.3 Å². The van der Waals surface area contributed by atoms with Crippen molar-refractivity contribution in [2.24, 2.45) is 0 Å². The van der Waals surface area contributed by atoms with Crippen molar-refractivity contribution in [2.45, 2.75) is 5.41 Å². The summed E-state index contributed by atoms with van der Waals surface area (Å²) >= 11 is 1.80. The lowest BCUT2D eigenvalue weighted by molar-refractivity contribution is 0.670. The van der Waals surface area contributed by atoms with Gasteiger partial charge >= 0.3 is 0 Å². The lowest BCUT2D eigenvalue weighted by Gasteiger charge is -2.30.